The standard InChI is InChI=1S/C14H15Cl2NS2/c1-10-4-6-18-14(10)9-17-5-7-19-13-8-11(15)2-3-12(13)16/h2-4,6,8,17H,5,7,9H2,1H3. The van der Waals surface area contributed by atoms with E-state index < -0.39 is 0 Å². The predicted molar refractivity (Wildman–Crippen MR) is 87.9 cm³/mol. The fourth-order valence-electron chi connectivity index (χ4n) is 1.61. The Kier molecular flexibility index (Phi) is 6.05. The number of hydrogen-bond acceptors (Lipinski definition) is 3. The van der Waals surface area contributed by atoms with Crippen LogP contribution in [-0.4, -0.2) is 12.3 Å². The Balaban J connectivity index is 1.72. The summed E-state index contributed by atoms with van der Waals surface area (Å²) >= 11 is 15.6. The van der Waals surface area contributed by atoms with Crippen LogP contribution in [0.4, 0.5) is 0 Å². The summed E-state index contributed by atoms with van der Waals surface area (Å²) in [5, 5.41) is 7.08. The lowest BCUT2D eigenvalue weighted by Crippen LogP contribution is -2.16. The number of hydrogen-bond donors (Lipinski definition) is 1. The van der Waals surface area contributed by atoms with Crippen LogP contribution in [0.3, 0.4) is 0 Å². The van der Waals surface area contributed by atoms with Crippen molar-refractivity contribution in [3.05, 3.63) is 50.1 Å². The zero-order valence-electron chi connectivity index (χ0n) is 10.6. The molecule has 0 aliphatic rings. The van der Waals surface area contributed by atoms with Crippen LogP contribution < -0.4 is 5.32 Å². The minimum atomic E-state index is 0.731. The molecule has 5 heteroatoms. The SMILES string of the molecule is Cc1ccsc1CNCCSc1cc(Cl)ccc1Cl. The minimum absolute atomic E-state index is 0.731. The summed E-state index contributed by atoms with van der Waals surface area (Å²) in [5.41, 5.74) is 1.36. The molecule has 1 N–H and O–H groups in total. The molecule has 2 aromatic rings. The molecule has 0 saturated carbocycles. The third-order valence-electron chi connectivity index (χ3n) is 2.68. The van der Waals surface area contributed by atoms with Crippen molar-refractivity contribution >= 4 is 46.3 Å². The van der Waals surface area contributed by atoms with Gasteiger partial charge in [-0.25, -0.2) is 0 Å². The second kappa shape index (κ2) is 7.55. The highest BCUT2D eigenvalue weighted by atomic mass is 35.5. The first kappa shape index (κ1) is 15.2. The van der Waals surface area contributed by atoms with E-state index in [0.717, 1.165) is 33.8 Å². The third kappa shape index (κ3) is 4.69. The number of rotatable bonds is 6. The highest BCUT2D eigenvalue weighted by Crippen LogP contribution is 2.29. The number of nitrogens with one attached hydrogen (secondary N) is 1. The van der Waals surface area contributed by atoms with Crippen molar-refractivity contribution in [2.75, 3.05) is 12.3 Å². The van der Waals surface area contributed by atoms with Gasteiger partial charge in [-0.2, -0.15) is 0 Å². The molecule has 102 valence electrons. The lowest BCUT2D eigenvalue weighted by molar-refractivity contribution is 0.738. The lowest BCUT2D eigenvalue weighted by Gasteiger charge is -2.06. The zero-order chi connectivity index (χ0) is 13.7. The van der Waals surface area contributed by atoms with Gasteiger partial charge in [-0.1, -0.05) is 23.2 Å². The maximum absolute atomic E-state index is 6.11. The monoisotopic (exact) mass is 331 g/mol. The van der Waals surface area contributed by atoms with Crippen LogP contribution in [0, 0.1) is 6.92 Å². The number of benzene rings is 1. The smallest absolute Gasteiger partial charge is 0.0542 e. The molecule has 0 atom stereocenters. The topological polar surface area (TPSA) is 12.0 Å². The van der Waals surface area contributed by atoms with Crippen molar-refractivity contribution in [3.8, 4) is 0 Å². The number of thiophene rings is 1. The predicted octanol–water partition coefficient (Wildman–Crippen LogP) is 5.25. The van der Waals surface area contributed by atoms with Crippen LogP contribution in [-0.2, 0) is 6.54 Å². The molecule has 0 aliphatic carbocycles. The Morgan fingerprint density at radius 3 is 2.84 bits per heavy atom. The first-order valence-corrected chi connectivity index (χ1v) is 8.60. The van der Waals surface area contributed by atoms with Gasteiger partial charge in [-0.05, 0) is 42.1 Å². The molecule has 0 amide bonds. The first-order valence-electron chi connectivity index (χ1n) is 5.98. The zero-order valence-corrected chi connectivity index (χ0v) is 13.7. The Bertz CT molecular complexity index is 540. The molecular weight excluding hydrogens is 317 g/mol. The average Bonchev–Trinajstić information content (AvgIpc) is 2.79. The second-order valence-corrected chi connectivity index (χ2v) is 7.11. The van der Waals surface area contributed by atoms with E-state index in [1.807, 2.05) is 18.2 Å². The van der Waals surface area contributed by atoms with E-state index >= 15 is 0 Å². The van der Waals surface area contributed by atoms with Gasteiger partial charge in [0.25, 0.3) is 0 Å². The van der Waals surface area contributed by atoms with Gasteiger partial charge in [0.2, 0.25) is 0 Å². The lowest BCUT2D eigenvalue weighted by atomic mass is 10.3. The van der Waals surface area contributed by atoms with E-state index in [1.54, 1.807) is 23.1 Å². The van der Waals surface area contributed by atoms with Crippen molar-refractivity contribution in [2.45, 2.75) is 18.4 Å². The summed E-state index contributed by atoms with van der Waals surface area (Å²) in [7, 11) is 0. The molecule has 0 fully saturated rings. The summed E-state index contributed by atoms with van der Waals surface area (Å²) in [6.07, 6.45) is 0. The fourth-order valence-corrected chi connectivity index (χ4v) is 3.88. The van der Waals surface area contributed by atoms with Crippen molar-refractivity contribution in [2.24, 2.45) is 0 Å². The van der Waals surface area contributed by atoms with Crippen LogP contribution in [0.2, 0.25) is 10.0 Å². The Morgan fingerprint density at radius 2 is 2.11 bits per heavy atom. The van der Waals surface area contributed by atoms with Gasteiger partial charge in [0.1, 0.15) is 0 Å². The Labute approximate surface area is 132 Å². The van der Waals surface area contributed by atoms with E-state index in [9.17, 15) is 0 Å². The Morgan fingerprint density at radius 1 is 1.26 bits per heavy atom. The summed E-state index contributed by atoms with van der Waals surface area (Å²) in [4.78, 5) is 2.45. The number of aryl methyl sites for hydroxylation is 1. The molecule has 19 heavy (non-hydrogen) atoms. The molecule has 1 nitrogen and oxygen atoms in total. The molecule has 1 aromatic carbocycles. The van der Waals surface area contributed by atoms with Crippen LogP contribution in [0.1, 0.15) is 10.4 Å². The highest BCUT2D eigenvalue weighted by Gasteiger charge is 2.02. The summed E-state index contributed by atoms with van der Waals surface area (Å²) in [6, 6.07) is 7.72. The van der Waals surface area contributed by atoms with Crippen molar-refractivity contribution in [3.63, 3.8) is 0 Å². The van der Waals surface area contributed by atoms with Gasteiger partial charge in [0.15, 0.2) is 0 Å². The fraction of sp³-hybridized carbons (Fsp3) is 0.286. The van der Waals surface area contributed by atoms with Gasteiger partial charge < -0.3 is 5.32 Å². The minimum Gasteiger partial charge on any atom is -0.311 e. The molecule has 0 radical (unpaired) electrons. The van der Waals surface area contributed by atoms with Gasteiger partial charge >= 0.3 is 0 Å². The number of halogens is 2. The van der Waals surface area contributed by atoms with Gasteiger partial charge in [0.05, 0.1) is 5.02 Å². The van der Waals surface area contributed by atoms with Crippen LogP contribution in [0.5, 0.6) is 0 Å². The third-order valence-corrected chi connectivity index (χ3v) is 5.44. The quantitative estimate of drug-likeness (QED) is 0.573. The Hall–Kier alpha value is -0.190. The van der Waals surface area contributed by atoms with Gasteiger partial charge in [-0.15, -0.1) is 23.1 Å². The van der Waals surface area contributed by atoms with Crippen LogP contribution >= 0.6 is 46.3 Å². The van der Waals surface area contributed by atoms with E-state index in [-0.39, 0.29) is 0 Å². The van der Waals surface area contributed by atoms with Gasteiger partial charge in [0, 0.05) is 33.6 Å². The van der Waals surface area contributed by atoms with Gasteiger partial charge in [-0.3, -0.25) is 0 Å². The second-order valence-electron chi connectivity index (χ2n) is 4.13. The molecule has 1 aromatic heterocycles. The largest absolute Gasteiger partial charge is 0.311 e. The van der Waals surface area contributed by atoms with E-state index in [4.69, 9.17) is 23.2 Å². The van der Waals surface area contributed by atoms with Crippen molar-refractivity contribution in [1.82, 2.24) is 5.32 Å². The van der Waals surface area contributed by atoms with E-state index in [0.29, 0.717) is 0 Å². The van der Waals surface area contributed by atoms with E-state index in [2.05, 4.69) is 23.7 Å². The van der Waals surface area contributed by atoms with Crippen molar-refractivity contribution < 1.29 is 0 Å². The molecule has 0 saturated heterocycles. The maximum atomic E-state index is 6.11. The molecular formula is C14H15Cl2NS2. The van der Waals surface area contributed by atoms with Crippen LogP contribution in [0.25, 0.3) is 0 Å². The normalized spacial score (nSPS) is 10.9. The number of thioether (sulfide) groups is 1. The highest BCUT2D eigenvalue weighted by molar-refractivity contribution is 7.99. The van der Waals surface area contributed by atoms with E-state index in [1.165, 1.54) is 10.4 Å². The molecule has 2 rings (SSSR count). The molecule has 1 heterocycles. The molecule has 0 unspecified atom stereocenters. The molecule has 0 spiro atoms. The van der Waals surface area contributed by atoms with Crippen LogP contribution in [0.15, 0.2) is 34.5 Å². The maximum Gasteiger partial charge on any atom is 0.0542 e. The summed E-state index contributed by atoms with van der Waals surface area (Å²) in [6.45, 7) is 4.03. The first-order chi connectivity index (χ1) is 9.16. The molecule has 0 aliphatic heterocycles. The van der Waals surface area contributed by atoms with Crippen molar-refractivity contribution in [1.29, 1.82) is 0 Å². The summed E-state index contributed by atoms with van der Waals surface area (Å²) < 4.78 is 0. The summed E-state index contributed by atoms with van der Waals surface area (Å²) in [5.74, 6) is 0.977. The average molecular weight is 332 g/mol. The molecule has 0 bridgehead atoms.